The van der Waals surface area contributed by atoms with Gasteiger partial charge in [0.2, 0.25) is 0 Å². The van der Waals surface area contributed by atoms with Gasteiger partial charge < -0.3 is 19.3 Å². The van der Waals surface area contributed by atoms with Crippen molar-refractivity contribution in [1.29, 1.82) is 0 Å². The third kappa shape index (κ3) is 4.09. The number of alkyl halides is 3. The highest BCUT2D eigenvalue weighted by Crippen LogP contribution is 2.50. The minimum atomic E-state index is -4.80. The molecule has 0 saturated carbocycles. The van der Waals surface area contributed by atoms with E-state index in [0.717, 1.165) is 6.92 Å². The first-order valence-corrected chi connectivity index (χ1v) is 9.77. The molecular weight excluding hydrogens is 377 g/mol. The largest absolute Gasteiger partial charge is 0.456 e. The molecule has 0 spiro atoms. The fourth-order valence-electron chi connectivity index (χ4n) is 4.26. The smallest absolute Gasteiger partial charge is 0.419 e. The van der Waals surface area contributed by atoms with Crippen molar-refractivity contribution in [3.63, 3.8) is 0 Å². The molecule has 0 amide bonds. The number of rotatable bonds is 8. The van der Waals surface area contributed by atoms with Gasteiger partial charge >= 0.3 is 12.1 Å². The third-order valence-corrected chi connectivity index (χ3v) is 6.42. The third-order valence-electron chi connectivity index (χ3n) is 6.42. The summed E-state index contributed by atoms with van der Waals surface area (Å²) in [6.45, 7) is 10.8. The predicted octanol–water partition coefficient (Wildman–Crippen LogP) is 3.93. The van der Waals surface area contributed by atoms with Crippen molar-refractivity contribution in [2.45, 2.75) is 102 Å². The maximum atomic E-state index is 13.2. The van der Waals surface area contributed by atoms with Gasteiger partial charge in [0.25, 0.3) is 0 Å². The second kappa shape index (κ2) is 7.95. The summed E-state index contributed by atoms with van der Waals surface area (Å²) in [5.74, 6) is -0.611. The lowest BCUT2D eigenvalue weighted by molar-refractivity contribution is -0.304. The minimum absolute atomic E-state index is 0.140. The van der Waals surface area contributed by atoms with Gasteiger partial charge in [-0.1, -0.05) is 20.4 Å². The highest BCUT2D eigenvalue weighted by atomic mass is 19.4. The Morgan fingerprint density at radius 1 is 1.25 bits per heavy atom. The van der Waals surface area contributed by atoms with Gasteiger partial charge in [-0.05, 0) is 40.0 Å². The number of carbonyl (C=O) groups excluding carboxylic acids is 1. The van der Waals surface area contributed by atoms with Crippen LogP contribution in [0.15, 0.2) is 12.2 Å². The molecule has 6 atom stereocenters. The molecule has 2 fully saturated rings. The molecule has 2 bridgehead atoms. The van der Waals surface area contributed by atoms with Crippen LogP contribution in [0.1, 0.15) is 60.3 Å². The van der Waals surface area contributed by atoms with Crippen LogP contribution in [0, 0.1) is 5.92 Å². The predicted molar refractivity (Wildman–Crippen MR) is 96.6 cm³/mol. The highest BCUT2D eigenvalue weighted by molar-refractivity contribution is 5.87. The van der Waals surface area contributed by atoms with Crippen LogP contribution in [0.3, 0.4) is 0 Å². The molecule has 0 aliphatic carbocycles. The molecule has 6 unspecified atom stereocenters. The molecule has 8 heteroatoms. The first-order valence-electron chi connectivity index (χ1n) is 9.77. The number of ether oxygens (including phenoxy) is 3. The molecule has 0 radical (unpaired) electrons. The zero-order chi connectivity index (χ0) is 21.5. The lowest BCUT2D eigenvalue weighted by Crippen LogP contribution is -2.57. The summed E-state index contributed by atoms with van der Waals surface area (Å²) in [5, 5.41) is 9.99. The normalized spacial score (nSPS) is 30.8. The summed E-state index contributed by atoms with van der Waals surface area (Å²) < 4.78 is 57.0. The van der Waals surface area contributed by atoms with E-state index in [9.17, 15) is 23.1 Å². The molecule has 2 heterocycles. The molecule has 0 aromatic rings. The first-order chi connectivity index (χ1) is 12.8. The van der Waals surface area contributed by atoms with Crippen LogP contribution >= 0.6 is 0 Å². The summed E-state index contributed by atoms with van der Waals surface area (Å²) in [7, 11) is 0. The van der Waals surface area contributed by atoms with Crippen molar-refractivity contribution >= 4 is 5.97 Å². The molecule has 2 aliphatic rings. The fraction of sp³-hybridized carbons (Fsp3) is 0.850. The van der Waals surface area contributed by atoms with Crippen LogP contribution in [-0.4, -0.2) is 52.9 Å². The van der Waals surface area contributed by atoms with Gasteiger partial charge in [0.15, 0.2) is 5.60 Å². The van der Waals surface area contributed by atoms with Crippen LogP contribution in [-0.2, 0) is 19.0 Å². The Balaban J connectivity index is 2.14. The van der Waals surface area contributed by atoms with E-state index in [1.54, 1.807) is 6.92 Å². The average Bonchev–Trinajstić information content (AvgIpc) is 3.18. The Bertz CT molecular complexity index is 597. The Morgan fingerprint density at radius 3 is 2.21 bits per heavy atom. The fourth-order valence-corrected chi connectivity index (χ4v) is 4.26. The van der Waals surface area contributed by atoms with Crippen LogP contribution in [0.4, 0.5) is 13.2 Å². The average molecular weight is 408 g/mol. The van der Waals surface area contributed by atoms with Gasteiger partial charge in [0.05, 0.1) is 23.9 Å². The topological polar surface area (TPSA) is 65.0 Å². The lowest BCUT2D eigenvalue weighted by Gasteiger charge is -2.45. The second-order valence-corrected chi connectivity index (χ2v) is 8.19. The van der Waals surface area contributed by atoms with Crippen molar-refractivity contribution in [3.8, 4) is 0 Å². The molecule has 5 nitrogen and oxygen atoms in total. The molecule has 162 valence electrons. The molecule has 0 aromatic carbocycles. The first kappa shape index (κ1) is 23.2. The monoisotopic (exact) mass is 408 g/mol. The lowest BCUT2D eigenvalue weighted by atomic mass is 9.73. The van der Waals surface area contributed by atoms with E-state index in [1.807, 2.05) is 13.8 Å². The maximum Gasteiger partial charge on any atom is 0.419 e. The number of halogens is 3. The number of esters is 1. The zero-order valence-electron chi connectivity index (χ0n) is 17.1. The van der Waals surface area contributed by atoms with Crippen molar-refractivity contribution in [3.05, 3.63) is 12.2 Å². The van der Waals surface area contributed by atoms with Crippen LogP contribution in [0.5, 0.6) is 0 Å². The van der Waals surface area contributed by atoms with Gasteiger partial charge in [-0.2, -0.15) is 13.2 Å². The zero-order valence-corrected chi connectivity index (χ0v) is 17.1. The molecule has 28 heavy (non-hydrogen) atoms. The van der Waals surface area contributed by atoms with Gasteiger partial charge in [0.1, 0.15) is 6.10 Å². The van der Waals surface area contributed by atoms with E-state index < -0.39 is 29.5 Å². The molecule has 2 rings (SSSR count). The number of hydrogen-bond acceptors (Lipinski definition) is 5. The summed E-state index contributed by atoms with van der Waals surface area (Å²) in [4.78, 5) is 11.8. The van der Waals surface area contributed by atoms with E-state index >= 15 is 0 Å². The summed E-state index contributed by atoms with van der Waals surface area (Å²) in [6.07, 6.45) is -5.23. The Hall–Kier alpha value is -1.12. The maximum absolute atomic E-state index is 13.2. The molecule has 2 saturated heterocycles. The summed E-state index contributed by atoms with van der Waals surface area (Å²) in [5.41, 5.74) is -3.51. The number of fused-ring (bicyclic) bond motifs is 2. The second-order valence-electron chi connectivity index (χ2n) is 8.19. The number of aliphatic hydroxyl groups is 1. The summed E-state index contributed by atoms with van der Waals surface area (Å²) in [6, 6.07) is 0. The van der Waals surface area contributed by atoms with E-state index in [0.29, 0.717) is 31.3 Å². The van der Waals surface area contributed by atoms with Crippen LogP contribution < -0.4 is 0 Å². The van der Waals surface area contributed by atoms with E-state index in [2.05, 4.69) is 6.58 Å². The Morgan fingerprint density at radius 2 is 1.82 bits per heavy atom. The molecule has 2 aliphatic heterocycles. The number of carbonyl (C=O) groups is 1. The van der Waals surface area contributed by atoms with E-state index in [-0.39, 0.29) is 24.2 Å². The minimum Gasteiger partial charge on any atom is -0.456 e. The van der Waals surface area contributed by atoms with Gasteiger partial charge in [-0.15, -0.1) is 0 Å². The van der Waals surface area contributed by atoms with Crippen molar-refractivity contribution in [2.24, 2.45) is 5.92 Å². The molecule has 1 N–H and O–H groups in total. The Kier molecular flexibility index (Phi) is 6.58. The number of hydrogen-bond donors (Lipinski definition) is 1. The molecule has 0 aromatic heterocycles. The van der Waals surface area contributed by atoms with E-state index in [4.69, 9.17) is 14.2 Å². The highest BCUT2D eigenvalue weighted by Gasteiger charge is 2.59. The van der Waals surface area contributed by atoms with Crippen molar-refractivity contribution < 1.29 is 37.3 Å². The standard InChI is InChI=1S/C20H31F3O5/c1-7-19(8-2,28-12(5)18(6,25)20(21,22)23)13-9-15-16(10-14(13)26-15)27-17(24)11(3)4/h12-16,25H,3,7-10H2,1-2,4-6H3. The SMILES string of the molecule is C=C(C)C(=O)OC1CC2OC1CC2C(CC)(CC)OC(C)C(C)(O)C(F)(F)F. The van der Waals surface area contributed by atoms with Crippen LogP contribution in [0.25, 0.3) is 0 Å². The molecular formula is C20H31F3O5. The van der Waals surface area contributed by atoms with Crippen molar-refractivity contribution in [2.75, 3.05) is 0 Å². The summed E-state index contributed by atoms with van der Waals surface area (Å²) >= 11 is 0. The van der Waals surface area contributed by atoms with Crippen LogP contribution in [0.2, 0.25) is 0 Å². The van der Waals surface area contributed by atoms with Gasteiger partial charge in [-0.25, -0.2) is 4.79 Å². The quantitative estimate of drug-likeness (QED) is 0.487. The van der Waals surface area contributed by atoms with Gasteiger partial charge in [-0.3, -0.25) is 0 Å². The Labute approximate surface area is 164 Å². The van der Waals surface area contributed by atoms with Gasteiger partial charge in [0, 0.05) is 17.9 Å². The van der Waals surface area contributed by atoms with E-state index in [1.165, 1.54) is 6.92 Å². The van der Waals surface area contributed by atoms with Crippen molar-refractivity contribution in [1.82, 2.24) is 0 Å².